The Morgan fingerprint density at radius 2 is 2.11 bits per heavy atom. The van der Waals surface area contributed by atoms with Gasteiger partial charge in [0.05, 0.1) is 0 Å². The average molecular weight is 273 g/mol. The van der Waals surface area contributed by atoms with Crippen molar-refractivity contribution in [3.63, 3.8) is 0 Å². The zero-order chi connectivity index (χ0) is 13.2. The first-order valence-corrected chi connectivity index (χ1v) is 7.09. The van der Waals surface area contributed by atoms with Crippen molar-refractivity contribution in [2.24, 2.45) is 0 Å². The van der Waals surface area contributed by atoms with Crippen molar-refractivity contribution in [2.45, 2.75) is 26.4 Å². The van der Waals surface area contributed by atoms with E-state index in [2.05, 4.69) is 29.4 Å². The molecule has 0 aliphatic heterocycles. The molecule has 0 aliphatic rings. The predicted molar refractivity (Wildman–Crippen MR) is 77.1 cm³/mol. The molecule has 0 atom stereocenters. The van der Waals surface area contributed by atoms with Gasteiger partial charge in [0, 0.05) is 18.0 Å². The molecule has 2 heterocycles. The van der Waals surface area contributed by atoms with Crippen LogP contribution in [-0.2, 0) is 6.54 Å². The molecule has 0 saturated heterocycles. The third-order valence-corrected chi connectivity index (χ3v) is 3.70. The number of hydrogen-bond donors (Lipinski definition) is 1. The van der Waals surface area contributed by atoms with Gasteiger partial charge in [0.2, 0.25) is 0 Å². The van der Waals surface area contributed by atoms with Gasteiger partial charge in [0.25, 0.3) is 0 Å². The second-order valence-electron chi connectivity index (χ2n) is 4.69. The van der Waals surface area contributed by atoms with Gasteiger partial charge in [0.15, 0.2) is 10.8 Å². The summed E-state index contributed by atoms with van der Waals surface area (Å²) < 4.78 is 5.78. The molecule has 3 aromatic rings. The molecular formula is C14H15N3OS. The number of fused-ring (bicyclic) bond motifs is 1. The Labute approximate surface area is 115 Å². The standard InChI is InChI=1S/C14H15N3OS/c1-9(2)15-8-13-16-17-14(19-13)12-7-10-5-3-4-6-11(10)18-12/h3-7,9,15H,8H2,1-2H3. The van der Waals surface area contributed by atoms with Gasteiger partial charge in [-0.05, 0) is 12.1 Å². The Hall–Kier alpha value is -1.72. The smallest absolute Gasteiger partial charge is 0.183 e. The van der Waals surface area contributed by atoms with Crippen LogP contribution in [0.5, 0.6) is 0 Å². The third-order valence-electron chi connectivity index (χ3n) is 2.76. The highest BCUT2D eigenvalue weighted by Gasteiger charge is 2.11. The van der Waals surface area contributed by atoms with Gasteiger partial charge in [-0.15, -0.1) is 10.2 Å². The van der Waals surface area contributed by atoms with E-state index < -0.39 is 0 Å². The molecule has 1 aromatic carbocycles. The van der Waals surface area contributed by atoms with Crippen LogP contribution in [0.3, 0.4) is 0 Å². The summed E-state index contributed by atoms with van der Waals surface area (Å²) in [6, 6.07) is 10.4. The minimum atomic E-state index is 0.443. The summed E-state index contributed by atoms with van der Waals surface area (Å²) in [5.74, 6) is 0.787. The highest BCUT2D eigenvalue weighted by molar-refractivity contribution is 7.14. The Morgan fingerprint density at radius 3 is 2.89 bits per heavy atom. The maximum Gasteiger partial charge on any atom is 0.183 e. The molecule has 3 rings (SSSR count). The van der Waals surface area contributed by atoms with E-state index in [-0.39, 0.29) is 0 Å². The molecular weight excluding hydrogens is 258 g/mol. The number of benzene rings is 1. The lowest BCUT2D eigenvalue weighted by atomic mass is 10.2. The van der Waals surface area contributed by atoms with Crippen LogP contribution in [0.1, 0.15) is 18.9 Å². The van der Waals surface area contributed by atoms with Crippen molar-refractivity contribution in [3.05, 3.63) is 35.3 Å². The predicted octanol–water partition coefficient (Wildman–Crippen LogP) is 3.45. The van der Waals surface area contributed by atoms with Crippen molar-refractivity contribution in [1.82, 2.24) is 15.5 Å². The van der Waals surface area contributed by atoms with Crippen molar-refractivity contribution >= 4 is 22.3 Å². The summed E-state index contributed by atoms with van der Waals surface area (Å²) in [5.41, 5.74) is 0.884. The van der Waals surface area contributed by atoms with Crippen LogP contribution in [0.4, 0.5) is 0 Å². The second kappa shape index (κ2) is 5.11. The fraction of sp³-hybridized carbons (Fsp3) is 0.286. The number of nitrogens with one attached hydrogen (secondary N) is 1. The summed E-state index contributed by atoms with van der Waals surface area (Å²) in [7, 11) is 0. The first-order valence-electron chi connectivity index (χ1n) is 6.27. The van der Waals surface area contributed by atoms with Crippen LogP contribution in [0.25, 0.3) is 21.7 Å². The molecule has 0 radical (unpaired) electrons. The first kappa shape index (κ1) is 12.3. The molecule has 0 fully saturated rings. The lowest BCUT2D eigenvalue weighted by molar-refractivity contribution is 0.584. The van der Waals surface area contributed by atoms with Crippen LogP contribution in [0.15, 0.2) is 34.7 Å². The Bertz CT molecular complexity index is 654. The Kier molecular flexibility index (Phi) is 3.31. The fourth-order valence-electron chi connectivity index (χ4n) is 1.80. The molecule has 4 nitrogen and oxygen atoms in total. The van der Waals surface area contributed by atoms with Gasteiger partial charge in [-0.3, -0.25) is 0 Å². The largest absolute Gasteiger partial charge is 0.453 e. The van der Waals surface area contributed by atoms with Gasteiger partial charge < -0.3 is 9.73 Å². The summed E-state index contributed by atoms with van der Waals surface area (Å²) in [5, 5.41) is 14.6. The van der Waals surface area contributed by atoms with E-state index in [0.29, 0.717) is 6.04 Å². The number of para-hydroxylation sites is 1. The van der Waals surface area contributed by atoms with E-state index in [1.807, 2.05) is 30.3 Å². The monoisotopic (exact) mass is 273 g/mol. The van der Waals surface area contributed by atoms with E-state index in [1.54, 1.807) is 11.3 Å². The summed E-state index contributed by atoms with van der Waals surface area (Å²) in [6.45, 7) is 4.97. The van der Waals surface area contributed by atoms with Gasteiger partial charge in [-0.2, -0.15) is 0 Å². The van der Waals surface area contributed by atoms with Gasteiger partial charge in [-0.25, -0.2) is 0 Å². The van der Waals surface area contributed by atoms with E-state index >= 15 is 0 Å². The Morgan fingerprint density at radius 1 is 1.26 bits per heavy atom. The number of hydrogen-bond acceptors (Lipinski definition) is 5. The maximum atomic E-state index is 5.78. The fourth-order valence-corrected chi connectivity index (χ4v) is 2.55. The van der Waals surface area contributed by atoms with E-state index in [0.717, 1.165) is 33.3 Å². The van der Waals surface area contributed by atoms with Gasteiger partial charge >= 0.3 is 0 Å². The molecule has 0 aliphatic carbocycles. The lowest BCUT2D eigenvalue weighted by Crippen LogP contribution is -2.21. The van der Waals surface area contributed by atoms with Gasteiger partial charge in [-0.1, -0.05) is 43.4 Å². The van der Waals surface area contributed by atoms with Crippen LogP contribution >= 0.6 is 11.3 Å². The maximum absolute atomic E-state index is 5.78. The molecule has 19 heavy (non-hydrogen) atoms. The van der Waals surface area contributed by atoms with Crippen molar-refractivity contribution < 1.29 is 4.42 Å². The molecule has 2 aromatic heterocycles. The van der Waals surface area contributed by atoms with Crippen LogP contribution in [-0.4, -0.2) is 16.2 Å². The lowest BCUT2D eigenvalue weighted by Gasteiger charge is -2.03. The van der Waals surface area contributed by atoms with Crippen LogP contribution in [0.2, 0.25) is 0 Å². The van der Waals surface area contributed by atoms with E-state index in [4.69, 9.17) is 4.42 Å². The third kappa shape index (κ3) is 2.67. The average Bonchev–Trinajstić information content (AvgIpc) is 3.02. The molecule has 1 N–H and O–H groups in total. The zero-order valence-electron chi connectivity index (χ0n) is 10.9. The number of furan rings is 1. The van der Waals surface area contributed by atoms with Crippen molar-refractivity contribution in [1.29, 1.82) is 0 Å². The second-order valence-corrected chi connectivity index (χ2v) is 5.75. The van der Waals surface area contributed by atoms with E-state index in [9.17, 15) is 0 Å². The van der Waals surface area contributed by atoms with Crippen LogP contribution in [0, 0.1) is 0 Å². The molecule has 5 heteroatoms. The highest BCUT2D eigenvalue weighted by atomic mass is 32.1. The quantitative estimate of drug-likeness (QED) is 0.791. The number of aromatic nitrogens is 2. The summed E-state index contributed by atoms with van der Waals surface area (Å²) in [4.78, 5) is 0. The minimum absolute atomic E-state index is 0.443. The van der Waals surface area contributed by atoms with Crippen LogP contribution < -0.4 is 5.32 Å². The minimum Gasteiger partial charge on any atom is -0.453 e. The molecule has 0 bridgehead atoms. The number of rotatable bonds is 4. The van der Waals surface area contributed by atoms with Gasteiger partial charge in [0.1, 0.15) is 10.6 Å². The van der Waals surface area contributed by atoms with E-state index in [1.165, 1.54) is 0 Å². The number of nitrogens with zero attached hydrogens (tertiary/aromatic N) is 2. The normalized spacial score (nSPS) is 11.5. The summed E-state index contributed by atoms with van der Waals surface area (Å²) >= 11 is 1.56. The topological polar surface area (TPSA) is 51.0 Å². The Balaban J connectivity index is 1.85. The zero-order valence-corrected chi connectivity index (χ0v) is 11.7. The summed E-state index contributed by atoms with van der Waals surface area (Å²) in [6.07, 6.45) is 0. The first-order chi connectivity index (χ1) is 9.22. The molecule has 0 amide bonds. The molecule has 98 valence electrons. The molecule has 0 spiro atoms. The highest BCUT2D eigenvalue weighted by Crippen LogP contribution is 2.29. The van der Waals surface area contributed by atoms with Crippen molar-refractivity contribution in [2.75, 3.05) is 0 Å². The molecule has 0 saturated carbocycles. The SMILES string of the molecule is CC(C)NCc1nnc(-c2cc3ccccc3o2)s1. The molecule has 0 unspecified atom stereocenters. The van der Waals surface area contributed by atoms with Crippen molar-refractivity contribution in [3.8, 4) is 10.8 Å².